The molecule has 1 heterocycles. The average molecular weight is 445 g/mol. The molecule has 0 spiro atoms. The molecule has 0 atom stereocenters. The Morgan fingerprint density at radius 2 is 1.87 bits per heavy atom. The van der Waals surface area contributed by atoms with E-state index in [4.69, 9.17) is 26.4 Å². The monoisotopic (exact) mass is 444 g/mol. The standard InChI is InChI=1S/C21H20N2O5S2/c1-26-15-6-4-5-14(11-15)22-19(24)12-23-20(25)18(30-21(23)29)10-13-7-8-16(27-2)17(9-13)28-3/h4-11H,12H2,1-3H3,(H,22,24)/b18-10+. The number of anilines is 1. The molecule has 7 nitrogen and oxygen atoms in total. The van der Waals surface area contributed by atoms with Gasteiger partial charge in [-0.15, -0.1) is 0 Å². The number of carbonyl (C=O) groups is 2. The lowest BCUT2D eigenvalue weighted by atomic mass is 10.2. The molecule has 9 heteroatoms. The first-order valence-corrected chi connectivity index (χ1v) is 10.1. The van der Waals surface area contributed by atoms with E-state index in [0.29, 0.717) is 32.2 Å². The van der Waals surface area contributed by atoms with Crippen LogP contribution in [0.3, 0.4) is 0 Å². The van der Waals surface area contributed by atoms with Crippen LogP contribution in [0.15, 0.2) is 47.4 Å². The predicted molar refractivity (Wildman–Crippen MR) is 121 cm³/mol. The molecule has 2 aromatic rings. The molecule has 0 saturated carbocycles. The lowest BCUT2D eigenvalue weighted by Gasteiger charge is -2.14. The van der Waals surface area contributed by atoms with Crippen molar-refractivity contribution in [2.75, 3.05) is 33.2 Å². The zero-order chi connectivity index (χ0) is 21.7. The van der Waals surface area contributed by atoms with Gasteiger partial charge in [-0.05, 0) is 35.9 Å². The van der Waals surface area contributed by atoms with Crippen molar-refractivity contribution in [2.24, 2.45) is 0 Å². The number of thioether (sulfide) groups is 1. The number of ether oxygens (including phenoxy) is 3. The number of rotatable bonds is 7. The maximum absolute atomic E-state index is 12.8. The number of hydrogen-bond donors (Lipinski definition) is 1. The fourth-order valence-electron chi connectivity index (χ4n) is 2.78. The number of benzene rings is 2. The largest absolute Gasteiger partial charge is 0.497 e. The summed E-state index contributed by atoms with van der Waals surface area (Å²) in [5.74, 6) is 1.10. The molecule has 0 aliphatic carbocycles. The zero-order valence-electron chi connectivity index (χ0n) is 16.6. The van der Waals surface area contributed by atoms with E-state index in [1.54, 1.807) is 63.8 Å². The van der Waals surface area contributed by atoms with E-state index in [-0.39, 0.29) is 18.4 Å². The third-order valence-corrected chi connectivity index (χ3v) is 5.61. The number of amides is 2. The van der Waals surface area contributed by atoms with E-state index < -0.39 is 0 Å². The molecule has 156 valence electrons. The van der Waals surface area contributed by atoms with Crippen LogP contribution in [0.4, 0.5) is 5.69 Å². The van der Waals surface area contributed by atoms with E-state index in [1.165, 1.54) is 4.90 Å². The summed E-state index contributed by atoms with van der Waals surface area (Å²) in [6.07, 6.45) is 1.71. The minimum absolute atomic E-state index is 0.175. The molecular weight excluding hydrogens is 424 g/mol. The van der Waals surface area contributed by atoms with Gasteiger partial charge in [-0.25, -0.2) is 0 Å². The van der Waals surface area contributed by atoms with Crippen LogP contribution in [0.1, 0.15) is 5.56 Å². The predicted octanol–water partition coefficient (Wildman–Crippen LogP) is 3.55. The molecule has 2 amide bonds. The van der Waals surface area contributed by atoms with Gasteiger partial charge >= 0.3 is 0 Å². The fraction of sp³-hybridized carbons (Fsp3) is 0.190. The van der Waals surface area contributed by atoms with Gasteiger partial charge in [0.15, 0.2) is 11.5 Å². The Balaban J connectivity index is 1.71. The molecule has 3 rings (SSSR count). The lowest BCUT2D eigenvalue weighted by Crippen LogP contribution is -2.36. The van der Waals surface area contributed by atoms with Gasteiger partial charge in [0.2, 0.25) is 5.91 Å². The third kappa shape index (κ3) is 4.92. The maximum Gasteiger partial charge on any atom is 0.266 e. The Morgan fingerprint density at radius 3 is 2.57 bits per heavy atom. The number of nitrogens with one attached hydrogen (secondary N) is 1. The molecule has 1 N–H and O–H groups in total. The summed E-state index contributed by atoms with van der Waals surface area (Å²) in [6.45, 7) is -0.175. The summed E-state index contributed by atoms with van der Waals surface area (Å²) < 4.78 is 16.0. The highest BCUT2D eigenvalue weighted by atomic mass is 32.2. The van der Waals surface area contributed by atoms with Crippen LogP contribution >= 0.6 is 24.0 Å². The highest BCUT2D eigenvalue weighted by Gasteiger charge is 2.33. The van der Waals surface area contributed by atoms with Crippen molar-refractivity contribution < 1.29 is 23.8 Å². The van der Waals surface area contributed by atoms with Crippen molar-refractivity contribution in [3.8, 4) is 17.2 Å². The van der Waals surface area contributed by atoms with E-state index in [0.717, 1.165) is 17.3 Å². The Morgan fingerprint density at radius 1 is 1.10 bits per heavy atom. The van der Waals surface area contributed by atoms with Crippen molar-refractivity contribution >= 4 is 51.9 Å². The van der Waals surface area contributed by atoms with Crippen LogP contribution in [0.25, 0.3) is 6.08 Å². The number of hydrogen-bond acceptors (Lipinski definition) is 7. The summed E-state index contributed by atoms with van der Waals surface area (Å²) in [5.41, 5.74) is 1.33. The Bertz CT molecular complexity index is 1020. The second kappa shape index (κ2) is 9.64. The normalized spacial score (nSPS) is 14.8. The molecule has 0 unspecified atom stereocenters. The van der Waals surface area contributed by atoms with Crippen molar-refractivity contribution in [1.82, 2.24) is 4.90 Å². The topological polar surface area (TPSA) is 77.1 Å². The third-order valence-electron chi connectivity index (χ3n) is 4.23. The first-order valence-electron chi connectivity index (χ1n) is 8.86. The van der Waals surface area contributed by atoms with Gasteiger partial charge in [-0.1, -0.05) is 36.1 Å². The molecule has 1 aliphatic rings. The average Bonchev–Trinajstić information content (AvgIpc) is 3.01. The van der Waals surface area contributed by atoms with Crippen LogP contribution in [0.2, 0.25) is 0 Å². The number of methoxy groups -OCH3 is 3. The molecule has 30 heavy (non-hydrogen) atoms. The molecule has 1 fully saturated rings. The number of nitrogens with zero attached hydrogens (tertiary/aromatic N) is 1. The minimum Gasteiger partial charge on any atom is -0.497 e. The van der Waals surface area contributed by atoms with Crippen molar-refractivity contribution in [1.29, 1.82) is 0 Å². The maximum atomic E-state index is 12.8. The SMILES string of the molecule is COc1cccc(NC(=O)CN2C(=O)/C(=C\c3ccc(OC)c(OC)c3)SC2=S)c1. The second-order valence-electron chi connectivity index (χ2n) is 6.16. The molecular formula is C21H20N2O5S2. The van der Waals surface area contributed by atoms with Crippen LogP contribution < -0.4 is 19.5 Å². The summed E-state index contributed by atoms with van der Waals surface area (Å²) in [5, 5.41) is 2.75. The van der Waals surface area contributed by atoms with Gasteiger partial charge in [0.1, 0.15) is 16.6 Å². The van der Waals surface area contributed by atoms with E-state index >= 15 is 0 Å². The van der Waals surface area contributed by atoms with Gasteiger partial charge < -0.3 is 19.5 Å². The quantitative estimate of drug-likeness (QED) is 0.517. The zero-order valence-corrected chi connectivity index (χ0v) is 18.3. The lowest BCUT2D eigenvalue weighted by molar-refractivity contribution is -0.126. The van der Waals surface area contributed by atoms with Crippen molar-refractivity contribution in [2.45, 2.75) is 0 Å². The van der Waals surface area contributed by atoms with Crippen molar-refractivity contribution in [3.63, 3.8) is 0 Å². The molecule has 1 aliphatic heterocycles. The molecule has 0 radical (unpaired) electrons. The van der Waals surface area contributed by atoms with E-state index in [2.05, 4.69) is 5.32 Å². The van der Waals surface area contributed by atoms with E-state index in [1.807, 2.05) is 6.07 Å². The summed E-state index contributed by atoms with van der Waals surface area (Å²) in [7, 11) is 4.65. The molecule has 2 aromatic carbocycles. The Hall–Kier alpha value is -3.04. The van der Waals surface area contributed by atoms with Gasteiger partial charge in [0, 0.05) is 11.8 Å². The van der Waals surface area contributed by atoms with Crippen LogP contribution in [0.5, 0.6) is 17.2 Å². The fourth-order valence-corrected chi connectivity index (χ4v) is 4.03. The van der Waals surface area contributed by atoms with E-state index in [9.17, 15) is 9.59 Å². The first kappa shape index (κ1) is 21.7. The first-order chi connectivity index (χ1) is 14.4. The molecule has 0 aromatic heterocycles. The highest BCUT2D eigenvalue weighted by Crippen LogP contribution is 2.34. The van der Waals surface area contributed by atoms with Crippen molar-refractivity contribution in [3.05, 3.63) is 52.9 Å². The van der Waals surface area contributed by atoms with Crippen LogP contribution in [-0.4, -0.2) is 48.9 Å². The van der Waals surface area contributed by atoms with Gasteiger partial charge in [0.05, 0.1) is 26.2 Å². The van der Waals surface area contributed by atoms with Gasteiger partial charge in [-0.3, -0.25) is 14.5 Å². The number of carbonyl (C=O) groups excluding carboxylic acids is 2. The summed E-state index contributed by atoms with van der Waals surface area (Å²) in [4.78, 5) is 26.9. The van der Waals surface area contributed by atoms with Crippen LogP contribution in [0, 0.1) is 0 Å². The second-order valence-corrected chi connectivity index (χ2v) is 7.84. The highest BCUT2D eigenvalue weighted by molar-refractivity contribution is 8.26. The summed E-state index contributed by atoms with van der Waals surface area (Å²) >= 11 is 6.46. The summed E-state index contributed by atoms with van der Waals surface area (Å²) in [6, 6.07) is 12.3. The Labute approximate surface area is 184 Å². The minimum atomic E-state index is -0.355. The van der Waals surface area contributed by atoms with Gasteiger partial charge in [0.25, 0.3) is 5.91 Å². The van der Waals surface area contributed by atoms with Gasteiger partial charge in [-0.2, -0.15) is 0 Å². The molecule has 1 saturated heterocycles. The Kier molecular flexibility index (Phi) is 6.96. The smallest absolute Gasteiger partial charge is 0.266 e. The number of thiocarbonyl (C=S) groups is 1. The van der Waals surface area contributed by atoms with Crippen LogP contribution in [-0.2, 0) is 9.59 Å². The molecule has 0 bridgehead atoms.